The van der Waals surface area contributed by atoms with E-state index < -0.39 is 16.6 Å². The lowest BCUT2D eigenvalue weighted by Gasteiger charge is -2.10. The number of anilines is 1. The molecule has 7 heteroatoms. The summed E-state index contributed by atoms with van der Waals surface area (Å²) >= 11 is 0. The van der Waals surface area contributed by atoms with Gasteiger partial charge in [0.05, 0.1) is 10.6 Å². The molecule has 2 aromatic carbocycles. The summed E-state index contributed by atoms with van der Waals surface area (Å²) < 4.78 is 19.0. The largest absolute Gasteiger partial charge is 0.483 e. The third kappa shape index (κ3) is 4.26. The zero-order chi connectivity index (χ0) is 17.0. The molecule has 0 saturated carbocycles. The number of ether oxygens (including phenoxy) is 1. The number of nitro groups is 1. The maximum absolute atomic E-state index is 13.6. The van der Waals surface area contributed by atoms with E-state index in [1.807, 2.05) is 26.0 Å². The van der Waals surface area contributed by atoms with Crippen LogP contribution in [0.3, 0.4) is 0 Å². The summed E-state index contributed by atoms with van der Waals surface area (Å²) in [5, 5.41) is 12.9. The Kier molecular flexibility index (Phi) is 4.90. The van der Waals surface area contributed by atoms with E-state index in [9.17, 15) is 19.3 Å². The number of halogens is 1. The smallest absolute Gasteiger partial charge is 0.271 e. The zero-order valence-electron chi connectivity index (χ0n) is 12.6. The van der Waals surface area contributed by atoms with Crippen molar-refractivity contribution in [3.8, 4) is 5.75 Å². The molecule has 0 fully saturated rings. The molecule has 0 aliphatic rings. The second-order valence-corrected chi connectivity index (χ2v) is 5.03. The van der Waals surface area contributed by atoms with Crippen LogP contribution in [0.4, 0.5) is 15.8 Å². The van der Waals surface area contributed by atoms with E-state index in [-0.39, 0.29) is 18.0 Å². The van der Waals surface area contributed by atoms with Gasteiger partial charge in [0, 0.05) is 12.1 Å². The summed E-state index contributed by atoms with van der Waals surface area (Å²) in [6.07, 6.45) is 0. The predicted molar refractivity (Wildman–Crippen MR) is 83.1 cm³/mol. The number of hydrogen-bond donors (Lipinski definition) is 1. The molecule has 0 aliphatic heterocycles. The van der Waals surface area contributed by atoms with Crippen molar-refractivity contribution in [2.75, 3.05) is 11.9 Å². The molecule has 0 bridgehead atoms. The number of carbonyl (C=O) groups excluding carboxylic acids is 1. The second-order valence-electron chi connectivity index (χ2n) is 5.03. The predicted octanol–water partition coefficient (Wildman–Crippen LogP) is 3.37. The first kappa shape index (κ1) is 16.4. The number of non-ortho nitro benzene ring substituents is 1. The van der Waals surface area contributed by atoms with E-state index in [0.29, 0.717) is 5.75 Å². The summed E-state index contributed by atoms with van der Waals surface area (Å²) in [4.78, 5) is 21.9. The molecule has 0 atom stereocenters. The van der Waals surface area contributed by atoms with E-state index in [4.69, 9.17) is 4.74 Å². The summed E-state index contributed by atoms with van der Waals surface area (Å²) in [6.45, 7) is 3.41. The average molecular weight is 318 g/mol. The van der Waals surface area contributed by atoms with Crippen LogP contribution >= 0.6 is 0 Å². The molecule has 0 unspecified atom stereocenters. The van der Waals surface area contributed by atoms with Gasteiger partial charge in [-0.05, 0) is 37.1 Å². The van der Waals surface area contributed by atoms with E-state index in [1.165, 1.54) is 0 Å². The first-order valence-corrected chi connectivity index (χ1v) is 6.80. The molecular weight excluding hydrogens is 303 g/mol. The Labute approximate surface area is 132 Å². The number of nitrogens with one attached hydrogen (secondary N) is 1. The number of carbonyl (C=O) groups is 1. The van der Waals surface area contributed by atoms with Crippen LogP contribution in [-0.4, -0.2) is 17.4 Å². The van der Waals surface area contributed by atoms with Crippen LogP contribution in [0.5, 0.6) is 5.75 Å². The lowest BCUT2D eigenvalue weighted by atomic mass is 10.1. The molecule has 2 rings (SSSR count). The molecule has 120 valence electrons. The Hall–Kier alpha value is -2.96. The molecule has 0 radical (unpaired) electrons. The minimum atomic E-state index is -0.754. The van der Waals surface area contributed by atoms with Gasteiger partial charge in [0.15, 0.2) is 6.61 Å². The molecule has 23 heavy (non-hydrogen) atoms. The molecule has 2 aromatic rings. The molecule has 1 N–H and O–H groups in total. The van der Waals surface area contributed by atoms with Crippen LogP contribution in [0.2, 0.25) is 0 Å². The third-order valence-corrected chi connectivity index (χ3v) is 3.14. The highest BCUT2D eigenvalue weighted by molar-refractivity contribution is 5.92. The van der Waals surface area contributed by atoms with Gasteiger partial charge in [0.2, 0.25) is 0 Å². The van der Waals surface area contributed by atoms with E-state index in [0.717, 1.165) is 29.3 Å². The quantitative estimate of drug-likeness (QED) is 0.677. The van der Waals surface area contributed by atoms with Crippen molar-refractivity contribution in [2.45, 2.75) is 13.8 Å². The fourth-order valence-corrected chi connectivity index (χ4v) is 1.92. The molecule has 0 heterocycles. The van der Waals surface area contributed by atoms with Crippen LogP contribution in [0.25, 0.3) is 0 Å². The zero-order valence-corrected chi connectivity index (χ0v) is 12.6. The number of nitrogens with zero attached hydrogens (tertiary/aromatic N) is 1. The van der Waals surface area contributed by atoms with Gasteiger partial charge in [-0.15, -0.1) is 0 Å². The van der Waals surface area contributed by atoms with Crippen molar-refractivity contribution in [3.05, 3.63) is 63.5 Å². The van der Waals surface area contributed by atoms with Crippen molar-refractivity contribution in [3.63, 3.8) is 0 Å². The maximum Gasteiger partial charge on any atom is 0.271 e. The number of nitro benzene ring substituents is 1. The minimum Gasteiger partial charge on any atom is -0.483 e. The van der Waals surface area contributed by atoms with Crippen molar-refractivity contribution >= 4 is 17.3 Å². The number of hydrogen-bond acceptors (Lipinski definition) is 4. The summed E-state index contributed by atoms with van der Waals surface area (Å²) in [6, 6.07) is 8.49. The molecule has 0 spiro atoms. The van der Waals surface area contributed by atoms with Crippen molar-refractivity contribution < 1.29 is 18.8 Å². The van der Waals surface area contributed by atoms with Gasteiger partial charge in [-0.3, -0.25) is 14.9 Å². The van der Waals surface area contributed by atoms with Crippen molar-refractivity contribution in [2.24, 2.45) is 0 Å². The second kappa shape index (κ2) is 6.87. The Bertz CT molecular complexity index is 762. The minimum absolute atomic E-state index is 0.256. The van der Waals surface area contributed by atoms with Gasteiger partial charge in [-0.25, -0.2) is 4.39 Å². The maximum atomic E-state index is 13.6. The first-order chi connectivity index (χ1) is 10.9. The number of amides is 1. The topological polar surface area (TPSA) is 81.5 Å². The van der Waals surface area contributed by atoms with Crippen LogP contribution in [0.1, 0.15) is 11.1 Å². The van der Waals surface area contributed by atoms with Crippen LogP contribution in [-0.2, 0) is 4.79 Å². The van der Waals surface area contributed by atoms with E-state index >= 15 is 0 Å². The highest BCUT2D eigenvalue weighted by atomic mass is 19.1. The van der Waals surface area contributed by atoms with Crippen molar-refractivity contribution in [1.29, 1.82) is 0 Å². The summed E-state index contributed by atoms with van der Waals surface area (Å²) in [5.74, 6) is -0.805. The molecule has 1 amide bonds. The Morgan fingerprint density at radius 3 is 2.70 bits per heavy atom. The Morgan fingerprint density at radius 1 is 1.26 bits per heavy atom. The van der Waals surface area contributed by atoms with Gasteiger partial charge < -0.3 is 10.1 Å². The first-order valence-electron chi connectivity index (χ1n) is 6.80. The van der Waals surface area contributed by atoms with Gasteiger partial charge in [0.25, 0.3) is 11.6 Å². The summed E-state index contributed by atoms with van der Waals surface area (Å²) in [7, 11) is 0. The van der Waals surface area contributed by atoms with Gasteiger partial charge in [-0.1, -0.05) is 12.1 Å². The molecule has 6 nitrogen and oxygen atoms in total. The lowest BCUT2D eigenvalue weighted by molar-refractivity contribution is -0.384. The number of benzene rings is 2. The summed E-state index contributed by atoms with van der Waals surface area (Å²) in [5.41, 5.74) is 1.28. The molecule has 0 aliphatic carbocycles. The molecular formula is C16H15FN2O4. The molecule has 0 saturated heterocycles. The monoisotopic (exact) mass is 318 g/mol. The number of rotatable bonds is 5. The van der Waals surface area contributed by atoms with Crippen LogP contribution in [0.15, 0.2) is 36.4 Å². The SMILES string of the molecule is Cc1ccc(C)c(OCC(=O)Nc2cc([N+](=O)[O-])ccc2F)c1. The van der Waals surface area contributed by atoms with Crippen molar-refractivity contribution in [1.82, 2.24) is 0 Å². The standard InChI is InChI=1S/C16H15FN2O4/c1-10-3-4-11(2)15(7-10)23-9-16(20)18-14-8-12(19(21)22)5-6-13(14)17/h3-8H,9H2,1-2H3,(H,18,20). The van der Waals surface area contributed by atoms with Gasteiger partial charge in [-0.2, -0.15) is 0 Å². The van der Waals surface area contributed by atoms with Gasteiger partial charge >= 0.3 is 0 Å². The molecule has 0 aromatic heterocycles. The highest BCUT2D eigenvalue weighted by Crippen LogP contribution is 2.22. The average Bonchev–Trinajstić information content (AvgIpc) is 2.50. The fraction of sp³-hybridized carbons (Fsp3) is 0.188. The fourth-order valence-electron chi connectivity index (χ4n) is 1.92. The van der Waals surface area contributed by atoms with Crippen LogP contribution in [0, 0.1) is 29.8 Å². The normalized spacial score (nSPS) is 10.2. The Morgan fingerprint density at radius 2 is 2.00 bits per heavy atom. The van der Waals surface area contributed by atoms with E-state index in [2.05, 4.69) is 5.32 Å². The van der Waals surface area contributed by atoms with Crippen LogP contribution < -0.4 is 10.1 Å². The number of aryl methyl sites for hydroxylation is 2. The third-order valence-electron chi connectivity index (χ3n) is 3.14. The lowest BCUT2D eigenvalue weighted by Crippen LogP contribution is -2.21. The highest BCUT2D eigenvalue weighted by Gasteiger charge is 2.13. The van der Waals surface area contributed by atoms with Gasteiger partial charge in [0.1, 0.15) is 11.6 Å². The Balaban J connectivity index is 2.04. The van der Waals surface area contributed by atoms with E-state index in [1.54, 1.807) is 6.07 Å².